The second-order valence-electron chi connectivity index (χ2n) is 4.56. The molecule has 1 saturated heterocycles. The number of carbonyl (C=O) groups excluding carboxylic acids is 1. The number of ether oxygens (including phenoxy) is 1. The third-order valence-corrected chi connectivity index (χ3v) is 4.33. The van der Waals surface area contributed by atoms with Crippen LogP contribution in [0.25, 0.3) is 0 Å². The van der Waals surface area contributed by atoms with Crippen LogP contribution in [0.4, 0.5) is 0 Å². The minimum absolute atomic E-state index is 0.119. The molecule has 1 unspecified atom stereocenters. The fourth-order valence-electron chi connectivity index (χ4n) is 2.20. The molecule has 1 aromatic heterocycles. The Hall–Kier alpha value is -1.17. The lowest BCUT2D eigenvalue weighted by molar-refractivity contribution is -0.116. The van der Waals surface area contributed by atoms with E-state index in [1.165, 1.54) is 15.8 Å². The molecule has 0 spiro atoms. The zero-order valence-electron chi connectivity index (χ0n) is 11.2. The first kappa shape index (κ1) is 14.2. The van der Waals surface area contributed by atoms with Crippen molar-refractivity contribution < 1.29 is 9.53 Å². The van der Waals surface area contributed by atoms with Crippen molar-refractivity contribution in [2.24, 2.45) is 0 Å². The van der Waals surface area contributed by atoms with Gasteiger partial charge in [-0.3, -0.25) is 9.69 Å². The van der Waals surface area contributed by atoms with E-state index >= 15 is 0 Å². The molecule has 0 bridgehead atoms. The van der Waals surface area contributed by atoms with E-state index in [1.807, 2.05) is 0 Å². The van der Waals surface area contributed by atoms with Crippen molar-refractivity contribution in [1.82, 2.24) is 10.2 Å². The molecule has 4 nitrogen and oxygen atoms in total. The summed E-state index contributed by atoms with van der Waals surface area (Å²) in [5, 5.41) is 2.90. The van der Waals surface area contributed by atoms with Gasteiger partial charge in [0.1, 0.15) is 0 Å². The number of hydrogen-bond acceptors (Lipinski definition) is 4. The maximum absolute atomic E-state index is 11.4. The van der Waals surface area contributed by atoms with Gasteiger partial charge in [0.15, 0.2) is 0 Å². The predicted molar refractivity (Wildman–Crippen MR) is 77.4 cm³/mol. The highest BCUT2D eigenvalue weighted by atomic mass is 32.1. The van der Waals surface area contributed by atoms with Crippen LogP contribution < -0.4 is 5.32 Å². The zero-order valence-corrected chi connectivity index (χ0v) is 12.0. The Kier molecular flexibility index (Phi) is 5.13. The number of rotatable bonds is 5. The standard InChI is InChI=1S/C14H20N2O2S/c1-3-14(17)15-10-12(13-5-4-11(2)19-13)16-6-8-18-9-7-16/h3-5,12H,1,6-10H2,2H3,(H,15,17). The van der Waals surface area contributed by atoms with Gasteiger partial charge in [0.25, 0.3) is 0 Å². The fraction of sp³-hybridized carbons (Fsp3) is 0.500. The average molecular weight is 280 g/mol. The lowest BCUT2D eigenvalue weighted by atomic mass is 10.2. The van der Waals surface area contributed by atoms with Crippen LogP contribution in [0.2, 0.25) is 0 Å². The number of nitrogens with zero attached hydrogens (tertiary/aromatic N) is 1. The molecule has 0 radical (unpaired) electrons. The molecular formula is C14H20N2O2S. The molecule has 1 fully saturated rings. The van der Waals surface area contributed by atoms with E-state index < -0.39 is 0 Å². The normalized spacial score (nSPS) is 17.9. The van der Waals surface area contributed by atoms with Crippen molar-refractivity contribution in [3.8, 4) is 0 Å². The summed E-state index contributed by atoms with van der Waals surface area (Å²) in [7, 11) is 0. The smallest absolute Gasteiger partial charge is 0.243 e. The maximum atomic E-state index is 11.4. The molecule has 2 rings (SSSR count). The summed E-state index contributed by atoms with van der Waals surface area (Å²) in [6.07, 6.45) is 1.32. The van der Waals surface area contributed by atoms with Gasteiger partial charge in [0.05, 0.1) is 19.3 Å². The largest absolute Gasteiger partial charge is 0.379 e. The molecule has 1 aromatic rings. The third-order valence-electron chi connectivity index (χ3n) is 3.23. The number of aryl methyl sites for hydroxylation is 1. The Morgan fingerprint density at radius 1 is 1.58 bits per heavy atom. The molecule has 19 heavy (non-hydrogen) atoms. The number of carbonyl (C=O) groups is 1. The van der Waals surface area contributed by atoms with Crippen molar-refractivity contribution in [3.05, 3.63) is 34.5 Å². The van der Waals surface area contributed by atoms with Gasteiger partial charge in [-0.05, 0) is 25.1 Å². The number of morpholine rings is 1. The summed E-state index contributed by atoms with van der Waals surface area (Å²) in [6.45, 7) is 9.54. The lowest BCUT2D eigenvalue weighted by Gasteiger charge is -2.34. The molecule has 1 atom stereocenters. The van der Waals surface area contributed by atoms with Crippen LogP contribution in [0.5, 0.6) is 0 Å². The molecule has 0 aromatic carbocycles. The molecule has 1 aliphatic rings. The Morgan fingerprint density at radius 2 is 2.32 bits per heavy atom. The fourth-order valence-corrected chi connectivity index (χ4v) is 3.21. The minimum atomic E-state index is -0.119. The Balaban J connectivity index is 2.07. The number of nitrogens with one attached hydrogen (secondary N) is 1. The SMILES string of the molecule is C=CC(=O)NCC(c1ccc(C)s1)N1CCOCC1. The highest BCUT2D eigenvalue weighted by Crippen LogP contribution is 2.27. The number of amides is 1. The van der Waals surface area contributed by atoms with Crippen molar-refractivity contribution in [2.75, 3.05) is 32.8 Å². The summed E-state index contributed by atoms with van der Waals surface area (Å²) in [4.78, 5) is 16.3. The highest BCUT2D eigenvalue weighted by Gasteiger charge is 2.23. The average Bonchev–Trinajstić information content (AvgIpc) is 2.86. The summed E-state index contributed by atoms with van der Waals surface area (Å²) < 4.78 is 5.40. The van der Waals surface area contributed by atoms with Crippen LogP contribution in [0.15, 0.2) is 24.8 Å². The molecule has 0 saturated carbocycles. The number of hydrogen-bond donors (Lipinski definition) is 1. The van der Waals surface area contributed by atoms with Crippen molar-refractivity contribution in [2.45, 2.75) is 13.0 Å². The molecule has 1 amide bonds. The van der Waals surface area contributed by atoms with Gasteiger partial charge < -0.3 is 10.1 Å². The third kappa shape index (κ3) is 3.89. The Labute approximate surface area is 118 Å². The predicted octanol–water partition coefficient (Wildman–Crippen LogP) is 1.73. The monoisotopic (exact) mass is 280 g/mol. The summed E-state index contributed by atoms with van der Waals surface area (Å²) in [5.74, 6) is -0.119. The molecule has 1 aliphatic heterocycles. The highest BCUT2D eigenvalue weighted by molar-refractivity contribution is 7.12. The van der Waals surface area contributed by atoms with Gasteiger partial charge in [-0.1, -0.05) is 6.58 Å². The topological polar surface area (TPSA) is 41.6 Å². The van der Waals surface area contributed by atoms with E-state index in [-0.39, 0.29) is 11.9 Å². The molecular weight excluding hydrogens is 260 g/mol. The van der Waals surface area contributed by atoms with Gasteiger partial charge in [0, 0.05) is 29.4 Å². The zero-order chi connectivity index (χ0) is 13.7. The molecule has 0 aliphatic carbocycles. The van der Waals surface area contributed by atoms with E-state index in [4.69, 9.17) is 4.74 Å². The lowest BCUT2D eigenvalue weighted by Crippen LogP contribution is -2.43. The first-order chi connectivity index (χ1) is 9.20. The summed E-state index contributed by atoms with van der Waals surface area (Å²) >= 11 is 1.79. The Morgan fingerprint density at radius 3 is 2.89 bits per heavy atom. The maximum Gasteiger partial charge on any atom is 0.243 e. The van der Waals surface area contributed by atoms with E-state index in [9.17, 15) is 4.79 Å². The van der Waals surface area contributed by atoms with Crippen LogP contribution in [0, 0.1) is 6.92 Å². The van der Waals surface area contributed by atoms with E-state index in [1.54, 1.807) is 11.3 Å². The van der Waals surface area contributed by atoms with Gasteiger partial charge in [-0.15, -0.1) is 11.3 Å². The Bertz CT molecular complexity index is 438. The molecule has 5 heteroatoms. The van der Waals surface area contributed by atoms with E-state index in [2.05, 4.69) is 35.9 Å². The molecule has 2 heterocycles. The first-order valence-electron chi connectivity index (χ1n) is 6.49. The van der Waals surface area contributed by atoms with Crippen LogP contribution >= 0.6 is 11.3 Å². The van der Waals surface area contributed by atoms with Gasteiger partial charge >= 0.3 is 0 Å². The van der Waals surface area contributed by atoms with E-state index in [0.717, 1.165) is 26.3 Å². The molecule has 104 valence electrons. The van der Waals surface area contributed by atoms with E-state index in [0.29, 0.717) is 6.54 Å². The van der Waals surface area contributed by atoms with Crippen LogP contribution in [0.1, 0.15) is 15.8 Å². The quantitative estimate of drug-likeness (QED) is 0.835. The van der Waals surface area contributed by atoms with Gasteiger partial charge in [0.2, 0.25) is 5.91 Å². The first-order valence-corrected chi connectivity index (χ1v) is 7.30. The van der Waals surface area contributed by atoms with Crippen molar-refractivity contribution >= 4 is 17.2 Å². The summed E-state index contributed by atoms with van der Waals surface area (Å²) in [6, 6.07) is 4.51. The second kappa shape index (κ2) is 6.84. The molecule has 1 N–H and O–H groups in total. The van der Waals surface area contributed by atoms with Gasteiger partial charge in [-0.25, -0.2) is 0 Å². The van der Waals surface area contributed by atoms with Crippen molar-refractivity contribution in [1.29, 1.82) is 0 Å². The van der Waals surface area contributed by atoms with Crippen LogP contribution in [0.3, 0.4) is 0 Å². The summed E-state index contributed by atoms with van der Waals surface area (Å²) in [5.41, 5.74) is 0. The van der Waals surface area contributed by atoms with Gasteiger partial charge in [-0.2, -0.15) is 0 Å². The minimum Gasteiger partial charge on any atom is -0.379 e. The van der Waals surface area contributed by atoms with Crippen molar-refractivity contribution in [3.63, 3.8) is 0 Å². The van der Waals surface area contributed by atoms with Crippen LogP contribution in [-0.2, 0) is 9.53 Å². The van der Waals surface area contributed by atoms with Crippen LogP contribution in [-0.4, -0.2) is 43.7 Å². The number of thiophene rings is 1. The second-order valence-corrected chi connectivity index (χ2v) is 5.88.